The predicted molar refractivity (Wildman–Crippen MR) is 73.2 cm³/mol. The highest BCUT2D eigenvalue weighted by atomic mass is 19.4. The second-order valence-corrected chi connectivity index (χ2v) is 4.30. The van der Waals surface area contributed by atoms with Gasteiger partial charge in [-0.3, -0.25) is 4.79 Å². The topological polar surface area (TPSA) is 51.0 Å². The molecule has 4 nitrogen and oxygen atoms in total. The fourth-order valence-corrected chi connectivity index (χ4v) is 1.61. The maximum atomic E-state index is 12.0. The number of aldehydes is 1. The van der Waals surface area contributed by atoms with Crippen LogP contribution in [0.1, 0.15) is 15.9 Å². The summed E-state index contributed by atoms with van der Waals surface area (Å²) in [5.41, 5.74) is 1.85. The summed E-state index contributed by atoms with van der Waals surface area (Å²) in [5.74, 6) is -0.309. The first-order valence-electron chi connectivity index (χ1n) is 6.24. The molecule has 0 aliphatic rings. The molecule has 0 heterocycles. The number of hydrogen-bond donors (Lipinski definition) is 0. The van der Waals surface area contributed by atoms with Crippen LogP contribution in [0.25, 0.3) is 0 Å². The molecule has 0 fully saturated rings. The Morgan fingerprint density at radius 1 is 1.00 bits per heavy atom. The summed E-state index contributed by atoms with van der Waals surface area (Å²) in [6.07, 6.45) is -3.97. The maximum absolute atomic E-state index is 12.0. The summed E-state index contributed by atoms with van der Waals surface area (Å²) in [6, 6.07) is 11.9. The molecule has 22 heavy (non-hydrogen) atoms. The number of carbonyl (C=O) groups excluding carboxylic acids is 1. The zero-order valence-corrected chi connectivity index (χ0v) is 11.2. The average molecular weight is 308 g/mol. The van der Waals surface area contributed by atoms with E-state index in [1.807, 2.05) is 0 Å². The lowest BCUT2D eigenvalue weighted by Gasteiger charge is -2.08. The smallest absolute Gasteiger partial charge is 0.406 e. The van der Waals surface area contributed by atoms with Gasteiger partial charge in [0.1, 0.15) is 12.0 Å². The molecule has 0 spiro atoms. The van der Waals surface area contributed by atoms with Gasteiger partial charge in [0.25, 0.3) is 0 Å². The van der Waals surface area contributed by atoms with Crippen LogP contribution in [0.3, 0.4) is 0 Å². The van der Waals surface area contributed by atoms with Crippen LogP contribution in [0.2, 0.25) is 0 Å². The number of alkyl halides is 3. The van der Waals surface area contributed by atoms with Gasteiger partial charge in [0.2, 0.25) is 0 Å². The van der Waals surface area contributed by atoms with Gasteiger partial charge in [-0.25, -0.2) is 0 Å². The Balaban J connectivity index is 1.93. The molecule has 0 bridgehead atoms. The highest BCUT2D eigenvalue weighted by Crippen LogP contribution is 2.25. The van der Waals surface area contributed by atoms with Gasteiger partial charge < -0.3 is 4.74 Å². The third kappa shape index (κ3) is 5.01. The molecule has 2 aromatic carbocycles. The van der Waals surface area contributed by atoms with E-state index < -0.39 is 6.36 Å². The third-order valence-electron chi connectivity index (χ3n) is 2.63. The van der Waals surface area contributed by atoms with Crippen molar-refractivity contribution in [1.82, 2.24) is 0 Å². The van der Waals surface area contributed by atoms with E-state index in [0.717, 1.165) is 11.8 Å². The maximum Gasteiger partial charge on any atom is 0.573 e. The Labute approximate surface area is 124 Å². The van der Waals surface area contributed by atoms with Crippen molar-refractivity contribution >= 4 is 12.0 Å². The summed E-state index contributed by atoms with van der Waals surface area (Å²) in [4.78, 5) is 10.5. The van der Waals surface area contributed by atoms with Crippen LogP contribution in [0.5, 0.6) is 5.75 Å². The quantitative estimate of drug-likeness (QED) is 0.594. The summed E-state index contributed by atoms with van der Waals surface area (Å²) in [5, 5.41) is 7.85. The largest absolute Gasteiger partial charge is 0.573 e. The molecule has 0 amide bonds. The van der Waals surface area contributed by atoms with E-state index in [9.17, 15) is 18.0 Å². The molecule has 0 atom stereocenters. The molecule has 0 saturated carbocycles. The summed E-state index contributed by atoms with van der Waals surface area (Å²) in [6.45, 7) is 0.305. The molecule has 0 aromatic heterocycles. The highest BCUT2D eigenvalue weighted by molar-refractivity contribution is 5.74. The van der Waals surface area contributed by atoms with Crippen LogP contribution < -0.4 is 4.74 Å². The minimum Gasteiger partial charge on any atom is -0.406 e. The number of ether oxygens (including phenoxy) is 1. The standard InChI is InChI=1S/C15H11F3N2O2/c16-15(17,18)22-14-7-5-13(6-8-14)20-19-9-11-1-3-12(10-21)4-2-11/h1-8,10H,9H2. The van der Waals surface area contributed by atoms with Gasteiger partial charge in [-0.2, -0.15) is 10.2 Å². The summed E-state index contributed by atoms with van der Waals surface area (Å²) in [7, 11) is 0. The van der Waals surface area contributed by atoms with E-state index in [0.29, 0.717) is 17.8 Å². The molecule has 0 unspecified atom stereocenters. The highest BCUT2D eigenvalue weighted by Gasteiger charge is 2.30. The van der Waals surface area contributed by atoms with Crippen molar-refractivity contribution in [3.8, 4) is 5.75 Å². The molecule has 0 aliphatic heterocycles. The van der Waals surface area contributed by atoms with Crippen molar-refractivity contribution < 1.29 is 22.7 Å². The number of azo groups is 1. The van der Waals surface area contributed by atoms with Gasteiger partial charge in [0, 0.05) is 5.56 Å². The lowest BCUT2D eigenvalue weighted by molar-refractivity contribution is -0.274. The van der Waals surface area contributed by atoms with Crippen molar-refractivity contribution in [3.05, 3.63) is 59.7 Å². The van der Waals surface area contributed by atoms with Gasteiger partial charge >= 0.3 is 6.36 Å². The monoisotopic (exact) mass is 308 g/mol. The number of nitrogens with zero attached hydrogens (tertiary/aromatic N) is 2. The van der Waals surface area contributed by atoms with Gasteiger partial charge in [0.15, 0.2) is 0 Å². The van der Waals surface area contributed by atoms with E-state index in [-0.39, 0.29) is 5.75 Å². The fraction of sp³-hybridized carbons (Fsp3) is 0.133. The van der Waals surface area contributed by atoms with Crippen molar-refractivity contribution in [2.45, 2.75) is 12.9 Å². The lowest BCUT2D eigenvalue weighted by atomic mass is 10.1. The van der Waals surface area contributed by atoms with E-state index in [4.69, 9.17) is 0 Å². The van der Waals surface area contributed by atoms with Crippen LogP contribution in [0.4, 0.5) is 18.9 Å². The minimum absolute atomic E-state index is 0.305. The Kier molecular flexibility index (Phi) is 4.88. The van der Waals surface area contributed by atoms with Crippen molar-refractivity contribution in [2.24, 2.45) is 10.2 Å². The van der Waals surface area contributed by atoms with Crippen LogP contribution >= 0.6 is 0 Å². The Morgan fingerprint density at radius 2 is 1.64 bits per heavy atom. The molecule has 114 valence electrons. The molecule has 0 radical (unpaired) electrons. The normalized spacial score (nSPS) is 11.6. The molecule has 0 aliphatic carbocycles. The molecule has 2 aromatic rings. The van der Waals surface area contributed by atoms with Crippen molar-refractivity contribution in [3.63, 3.8) is 0 Å². The van der Waals surface area contributed by atoms with Crippen molar-refractivity contribution in [1.29, 1.82) is 0 Å². The number of carbonyl (C=O) groups is 1. The Hall–Kier alpha value is -2.70. The Morgan fingerprint density at radius 3 is 2.18 bits per heavy atom. The minimum atomic E-state index is -4.71. The molecule has 0 saturated heterocycles. The summed E-state index contributed by atoms with van der Waals surface area (Å²) >= 11 is 0. The van der Waals surface area contributed by atoms with E-state index in [1.54, 1.807) is 24.3 Å². The van der Waals surface area contributed by atoms with Crippen LogP contribution in [-0.2, 0) is 6.54 Å². The molecular weight excluding hydrogens is 297 g/mol. The molecule has 2 rings (SSSR count). The van der Waals surface area contributed by atoms with Crippen LogP contribution in [0, 0.1) is 0 Å². The SMILES string of the molecule is O=Cc1ccc(CN=Nc2ccc(OC(F)(F)F)cc2)cc1. The van der Waals surface area contributed by atoms with Gasteiger partial charge in [-0.1, -0.05) is 24.3 Å². The average Bonchev–Trinajstić information content (AvgIpc) is 2.48. The van der Waals surface area contributed by atoms with Gasteiger partial charge in [-0.05, 0) is 29.8 Å². The van der Waals surface area contributed by atoms with Gasteiger partial charge in [0.05, 0.1) is 12.2 Å². The molecule has 0 N–H and O–H groups in total. The zero-order valence-electron chi connectivity index (χ0n) is 11.2. The van der Waals surface area contributed by atoms with E-state index in [2.05, 4.69) is 15.0 Å². The fourth-order valence-electron chi connectivity index (χ4n) is 1.61. The first-order chi connectivity index (χ1) is 10.5. The van der Waals surface area contributed by atoms with E-state index in [1.165, 1.54) is 24.3 Å². The summed E-state index contributed by atoms with van der Waals surface area (Å²) < 4.78 is 39.8. The van der Waals surface area contributed by atoms with Gasteiger partial charge in [-0.15, -0.1) is 13.2 Å². The second kappa shape index (κ2) is 6.84. The predicted octanol–water partition coefficient (Wildman–Crippen LogP) is 4.68. The first-order valence-corrected chi connectivity index (χ1v) is 6.24. The molecule has 7 heteroatoms. The number of benzene rings is 2. The first kappa shape index (κ1) is 15.7. The third-order valence-corrected chi connectivity index (χ3v) is 2.63. The van der Waals surface area contributed by atoms with Crippen LogP contribution in [0.15, 0.2) is 58.8 Å². The molecular formula is C15H11F3N2O2. The van der Waals surface area contributed by atoms with E-state index >= 15 is 0 Å². The van der Waals surface area contributed by atoms with Crippen LogP contribution in [-0.4, -0.2) is 12.6 Å². The number of rotatable bonds is 5. The second-order valence-electron chi connectivity index (χ2n) is 4.30. The zero-order chi connectivity index (χ0) is 16.0. The number of halogens is 3. The van der Waals surface area contributed by atoms with Crippen molar-refractivity contribution in [2.75, 3.05) is 0 Å². The number of hydrogen-bond acceptors (Lipinski definition) is 4. The lowest BCUT2D eigenvalue weighted by Crippen LogP contribution is -2.16. The Bertz CT molecular complexity index is 650.